The van der Waals surface area contributed by atoms with E-state index in [9.17, 15) is 8.42 Å². The lowest BCUT2D eigenvalue weighted by Gasteiger charge is -2.08. The number of hydrogen-bond acceptors (Lipinski definition) is 6. The van der Waals surface area contributed by atoms with Crippen molar-refractivity contribution in [3.05, 3.63) is 84.3 Å². The van der Waals surface area contributed by atoms with Gasteiger partial charge in [0.1, 0.15) is 17.3 Å². The van der Waals surface area contributed by atoms with Crippen LogP contribution in [0.4, 0.5) is 11.5 Å². The fourth-order valence-electron chi connectivity index (χ4n) is 2.97. The van der Waals surface area contributed by atoms with E-state index in [0.29, 0.717) is 11.5 Å². The van der Waals surface area contributed by atoms with Crippen LogP contribution in [0.3, 0.4) is 0 Å². The number of pyridine rings is 2. The average Bonchev–Trinajstić information content (AvgIpc) is 2.78. The van der Waals surface area contributed by atoms with Crippen molar-refractivity contribution < 1.29 is 13.2 Å². The van der Waals surface area contributed by atoms with Gasteiger partial charge in [-0.15, -0.1) is 0 Å². The Kier molecular flexibility index (Phi) is 5.56. The molecule has 2 aromatic heterocycles. The molecule has 0 radical (unpaired) electrons. The highest BCUT2D eigenvalue weighted by Crippen LogP contribution is 2.22. The quantitative estimate of drug-likeness (QED) is 0.490. The number of rotatable bonds is 4. The Hall–Kier alpha value is -3.89. The smallest absolute Gasteiger partial charge is 0.175 e. The number of ether oxygens (including phenoxy) is 1. The summed E-state index contributed by atoms with van der Waals surface area (Å²) in [5, 5.41) is 4.98. The van der Waals surface area contributed by atoms with Gasteiger partial charge >= 0.3 is 0 Å². The predicted molar refractivity (Wildman–Crippen MR) is 121 cm³/mol. The fourth-order valence-corrected chi connectivity index (χ4v) is 3.60. The van der Waals surface area contributed by atoms with Crippen molar-refractivity contribution in [3.63, 3.8) is 0 Å². The first kappa shape index (κ1) is 20.4. The summed E-state index contributed by atoms with van der Waals surface area (Å²) in [5.41, 5.74) is 2.23. The van der Waals surface area contributed by atoms with Gasteiger partial charge in [0.05, 0.1) is 12.0 Å². The molecule has 31 heavy (non-hydrogen) atoms. The summed E-state index contributed by atoms with van der Waals surface area (Å²) in [6.45, 7) is 0. The number of aromatic nitrogens is 2. The van der Waals surface area contributed by atoms with E-state index in [-0.39, 0.29) is 4.90 Å². The molecule has 0 amide bonds. The zero-order chi connectivity index (χ0) is 21.8. The van der Waals surface area contributed by atoms with Crippen LogP contribution in [0.5, 0.6) is 5.75 Å². The second-order valence-electron chi connectivity index (χ2n) is 6.85. The lowest BCUT2D eigenvalue weighted by Crippen LogP contribution is -1.98. The Morgan fingerprint density at radius 1 is 0.935 bits per heavy atom. The van der Waals surface area contributed by atoms with E-state index in [1.165, 1.54) is 6.26 Å². The van der Waals surface area contributed by atoms with Gasteiger partial charge in [-0.1, -0.05) is 5.92 Å². The average molecular weight is 430 g/mol. The molecule has 4 rings (SSSR count). The molecule has 0 fully saturated rings. The molecule has 0 saturated heterocycles. The number of fused-ring (bicyclic) bond motifs is 1. The highest BCUT2D eigenvalue weighted by molar-refractivity contribution is 7.90. The molecular weight excluding hydrogens is 410 g/mol. The zero-order valence-electron chi connectivity index (χ0n) is 17.0. The van der Waals surface area contributed by atoms with Crippen LogP contribution in [-0.2, 0) is 9.84 Å². The first-order valence-electron chi connectivity index (χ1n) is 9.40. The van der Waals surface area contributed by atoms with Crippen LogP contribution in [-0.4, -0.2) is 31.8 Å². The number of benzene rings is 2. The third-order valence-corrected chi connectivity index (χ3v) is 5.75. The van der Waals surface area contributed by atoms with Gasteiger partial charge in [-0.05, 0) is 66.6 Å². The molecule has 0 aliphatic carbocycles. The van der Waals surface area contributed by atoms with Crippen LogP contribution < -0.4 is 10.1 Å². The Balaban J connectivity index is 1.63. The lowest BCUT2D eigenvalue weighted by atomic mass is 10.1. The summed E-state index contributed by atoms with van der Waals surface area (Å²) in [6, 6.07) is 17.8. The SMILES string of the molecule is COc1ccc(C#Cc2nccc3cnc(Nc4ccc(S(C)(=O)=O)cc4)cc23)cc1. The van der Waals surface area contributed by atoms with Crippen molar-refractivity contribution in [2.75, 3.05) is 18.7 Å². The number of nitrogens with zero attached hydrogens (tertiary/aromatic N) is 2. The van der Waals surface area contributed by atoms with Crippen LogP contribution in [0, 0.1) is 11.8 Å². The molecule has 2 aromatic carbocycles. The molecule has 0 saturated carbocycles. The first-order chi connectivity index (χ1) is 14.9. The molecule has 2 heterocycles. The van der Waals surface area contributed by atoms with Crippen molar-refractivity contribution >= 4 is 32.1 Å². The monoisotopic (exact) mass is 429 g/mol. The molecule has 0 atom stereocenters. The Morgan fingerprint density at radius 2 is 1.68 bits per heavy atom. The molecule has 0 spiro atoms. The van der Waals surface area contributed by atoms with Gasteiger partial charge in [-0.2, -0.15) is 0 Å². The van der Waals surface area contributed by atoms with Crippen molar-refractivity contribution in [2.24, 2.45) is 0 Å². The van der Waals surface area contributed by atoms with Gasteiger partial charge in [0.2, 0.25) is 0 Å². The molecular formula is C24H19N3O3S. The van der Waals surface area contributed by atoms with Gasteiger partial charge in [-0.25, -0.2) is 18.4 Å². The molecule has 4 aromatic rings. The second kappa shape index (κ2) is 8.46. The summed E-state index contributed by atoms with van der Waals surface area (Å²) >= 11 is 0. The molecule has 0 aliphatic heterocycles. The fraction of sp³-hybridized carbons (Fsp3) is 0.0833. The summed E-state index contributed by atoms with van der Waals surface area (Å²) in [4.78, 5) is 9.12. The number of nitrogens with one attached hydrogen (secondary N) is 1. The minimum Gasteiger partial charge on any atom is -0.497 e. The van der Waals surface area contributed by atoms with Crippen molar-refractivity contribution in [1.82, 2.24) is 9.97 Å². The van der Waals surface area contributed by atoms with Gasteiger partial charge in [-0.3, -0.25) is 0 Å². The van der Waals surface area contributed by atoms with Crippen molar-refractivity contribution in [2.45, 2.75) is 4.90 Å². The number of methoxy groups -OCH3 is 1. The number of sulfone groups is 1. The van der Waals surface area contributed by atoms with Crippen LogP contribution in [0.2, 0.25) is 0 Å². The second-order valence-corrected chi connectivity index (χ2v) is 8.87. The minimum atomic E-state index is -3.23. The molecule has 154 valence electrons. The van der Waals surface area contributed by atoms with E-state index >= 15 is 0 Å². The van der Waals surface area contributed by atoms with Crippen LogP contribution >= 0.6 is 0 Å². The van der Waals surface area contributed by atoms with E-state index in [2.05, 4.69) is 27.1 Å². The standard InChI is InChI=1S/C24H19N3O3S/c1-30-20-8-3-17(4-9-20)5-12-23-22-15-24(26-16-18(22)13-14-25-23)27-19-6-10-21(11-7-19)31(2,28)29/h3-4,6-11,13-16H,1-2H3,(H,26,27). The molecule has 6 nitrogen and oxygen atoms in total. The van der Waals surface area contributed by atoms with Gasteiger partial charge in [0.25, 0.3) is 0 Å². The maximum Gasteiger partial charge on any atom is 0.175 e. The summed E-state index contributed by atoms with van der Waals surface area (Å²) in [7, 11) is -1.61. The van der Waals surface area contributed by atoms with E-state index in [0.717, 1.165) is 27.8 Å². The molecule has 1 N–H and O–H groups in total. The largest absolute Gasteiger partial charge is 0.497 e. The molecule has 0 bridgehead atoms. The Bertz CT molecular complexity index is 1400. The third kappa shape index (κ3) is 4.82. The van der Waals surface area contributed by atoms with E-state index < -0.39 is 9.84 Å². The highest BCUT2D eigenvalue weighted by Gasteiger charge is 2.07. The molecule has 7 heteroatoms. The highest BCUT2D eigenvalue weighted by atomic mass is 32.2. The summed E-state index contributed by atoms with van der Waals surface area (Å²) in [5.74, 6) is 7.65. The maximum absolute atomic E-state index is 11.6. The van der Waals surface area contributed by atoms with E-state index in [1.807, 2.05) is 36.4 Å². The minimum absolute atomic E-state index is 0.268. The van der Waals surface area contributed by atoms with Gasteiger partial charge in [0, 0.05) is 40.7 Å². The molecule has 0 unspecified atom stereocenters. The zero-order valence-corrected chi connectivity index (χ0v) is 17.8. The Morgan fingerprint density at radius 3 is 2.35 bits per heavy atom. The summed E-state index contributed by atoms with van der Waals surface area (Å²) < 4.78 is 28.4. The maximum atomic E-state index is 11.6. The normalized spacial score (nSPS) is 10.9. The molecule has 0 aliphatic rings. The number of hydrogen-bond donors (Lipinski definition) is 1. The predicted octanol–water partition coefficient (Wildman–Crippen LogP) is 4.19. The van der Waals surface area contributed by atoms with Gasteiger partial charge in [0.15, 0.2) is 9.84 Å². The van der Waals surface area contributed by atoms with E-state index in [4.69, 9.17) is 4.74 Å². The number of anilines is 2. The van der Waals surface area contributed by atoms with Crippen molar-refractivity contribution in [3.8, 4) is 17.6 Å². The lowest BCUT2D eigenvalue weighted by molar-refractivity contribution is 0.415. The Labute approximate surface area is 180 Å². The van der Waals surface area contributed by atoms with Crippen molar-refractivity contribution in [1.29, 1.82) is 0 Å². The van der Waals surface area contributed by atoms with Crippen LogP contribution in [0.25, 0.3) is 10.8 Å². The van der Waals surface area contributed by atoms with Gasteiger partial charge < -0.3 is 10.1 Å². The topological polar surface area (TPSA) is 81.2 Å². The first-order valence-corrected chi connectivity index (χ1v) is 11.3. The van der Waals surface area contributed by atoms with Crippen LogP contribution in [0.1, 0.15) is 11.3 Å². The third-order valence-electron chi connectivity index (χ3n) is 4.62. The van der Waals surface area contributed by atoms with Crippen LogP contribution in [0.15, 0.2) is 78.0 Å². The van der Waals surface area contributed by atoms with E-state index in [1.54, 1.807) is 43.8 Å². The summed E-state index contributed by atoms with van der Waals surface area (Å²) in [6.07, 6.45) is 4.64.